The van der Waals surface area contributed by atoms with Crippen molar-refractivity contribution in [1.29, 1.82) is 0 Å². The lowest BCUT2D eigenvalue weighted by Crippen LogP contribution is -2.26. The Hall–Kier alpha value is -0.0300. The maximum Gasteiger partial charge on any atom is 0.0547 e. The minimum atomic E-state index is 0.164. The topological polar surface area (TPSA) is 46.2 Å². The van der Waals surface area contributed by atoms with Gasteiger partial charge in [0, 0.05) is 21.0 Å². The van der Waals surface area contributed by atoms with Crippen molar-refractivity contribution >= 4 is 23.1 Å². The Morgan fingerprint density at radius 1 is 1.50 bits per heavy atom. The largest absolute Gasteiger partial charge is 0.395 e. The van der Waals surface area contributed by atoms with E-state index in [1.165, 1.54) is 9.75 Å². The van der Waals surface area contributed by atoms with Gasteiger partial charge in [-0.05, 0) is 25.5 Å². The van der Waals surface area contributed by atoms with Crippen LogP contribution in [0.5, 0.6) is 0 Å². The molecule has 3 N–H and O–H groups in total. The van der Waals surface area contributed by atoms with E-state index in [0.717, 1.165) is 6.42 Å². The van der Waals surface area contributed by atoms with Gasteiger partial charge >= 0.3 is 0 Å². The van der Waals surface area contributed by atoms with Gasteiger partial charge in [-0.25, -0.2) is 0 Å². The minimum Gasteiger partial charge on any atom is -0.395 e. The molecule has 0 bridgehead atoms. The van der Waals surface area contributed by atoms with Crippen molar-refractivity contribution in [3.05, 3.63) is 21.9 Å². The number of aliphatic hydroxyl groups excluding tert-OH is 1. The number of hydrogen-bond acceptors (Lipinski definition) is 4. The molecule has 0 fully saturated rings. The van der Waals surface area contributed by atoms with Gasteiger partial charge in [-0.15, -0.1) is 23.1 Å². The zero-order chi connectivity index (χ0) is 12.1. The number of rotatable bonds is 6. The first-order valence-electron chi connectivity index (χ1n) is 5.66. The lowest BCUT2D eigenvalue weighted by atomic mass is 10.1. The molecule has 1 aromatic heterocycles. The van der Waals surface area contributed by atoms with E-state index in [1.54, 1.807) is 11.8 Å². The third-order valence-corrected chi connectivity index (χ3v) is 5.28. The van der Waals surface area contributed by atoms with Crippen LogP contribution in [0.15, 0.2) is 12.1 Å². The first-order valence-corrected chi connectivity index (χ1v) is 7.42. The van der Waals surface area contributed by atoms with Crippen molar-refractivity contribution < 1.29 is 5.11 Å². The monoisotopic (exact) mass is 259 g/mol. The van der Waals surface area contributed by atoms with Crippen molar-refractivity contribution in [3.63, 3.8) is 0 Å². The van der Waals surface area contributed by atoms with Crippen molar-refractivity contribution in [2.75, 3.05) is 6.61 Å². The Balaban J connectivity index is 2.78. The van der Waals surface area contributed by atoms with Gasteiger partial charge in [-0.2, -0.15) is 0 Å². The fourth-order valence-corrected chi connectivity index (χ4v) is 3.93. The lowest BCUT2D eigenvalue weighted by molar-refractivity contribution is 0.299. The molecule has 0 amide bonds. The van der Waals surface area contributed by atoms with Crippen LogP contribution in [0.4, 0.5) is 0 Å². The summed E-state index contributed by atoms with van der Waals surface area (Å²) in [7, 11) is 0. The number of aliphatic hydroxyl groups is 1. The highest BCUT2D eigenvalue weighted by atomic mass is 32.2. The predicted molar refractivity (Wildman–Crippen MR) is 74.2 cm³/mol. The summed E-state index contributed by atoms with van der Waals surface area (Å²) in [5.41, 5.74) is 6.17. The number of hydrogen-bond donors (Lipinski definition) is 2. The van der Waals surface area contributed by atoms with Gasteiger partial charge < -0.3 is 10.8 Å². The van der Waals surface area contributed by atoms with E-state index < -0.39 is 0 Å². The minimum absolute atomic E-state index is 0.164. The fraction of sp³-hybridized carbons (Fsp3) is 0.667. The van der Waals surface area contributed by atoms with E-state index >= 15 is 0 Å². The molecule has 3 atom stereocenters. The second-order valence-electron chi connectivity index (χ2n) is 4.07. The van der Waals surface area contributed by atoms with Gasteiger partial charge in [-0.1, -0.05) is 13.8 Å². The maximum atomic E-state index is 9.13. The molecule has 0 aliphatic carbocycles. The summed E-state index contributed by atoms with van der Waals surface area (Å²) in [4.78, 5) is 2.65. The van der Waals surface area contributed by atoms with Gasteiger partial charge in [0.25, 0.3) is 0 Å². The summed E-state index contributed by atoms with van der Waals surface area (Å²) < 4.78 is 0. The molecule has 1 aromatic rings. The first-order chi connectivity index (χ1) is 7.58. The third-order valence-electron chi connectivity index (χ3n) is 2.54. The summed E-state index contributed by atoms with van der Waals surface area (Å²) in [5.74, 6) is 0. The Morgan fingerprint density at radius 2 is 2.19 bits per heavy atom. The number of thioether (sulfide) groups is 1. The summed E-state index contributed by atoms with van der Waals surface area (Å²) in [6, 6.07) is 4.47. The molecule has 2 nitrogen and oxygen atoms in total. The number of thiophene rings is 1. The average Bonchev–Trinajstić information content (AvgIpc) is 2.71. The molecule has 0 spiro atoms. The predicted octanol–water partition coefficient (Wildman–Crippen LogP) is 2.95. The van der Waals surface area contributed by atoms with Crippen LogP contribution < -0.4 is 5.73 Å². The van der Waals surface area contributed by atoms with Crippen molar-refractivity contribution in [2.45, 2.75) is 43.7 Å². The van der Waals surface area contributed by atoms with Crippen LogP contribution in [0.1, 0.15) is 35.3 Å². The van der Waals surface area contributed by atoms with Crippen molar-refractivity contribution in [3.8, 4) is 0 Å². The molecule has 0 saturated carbocycles. The van der Waals surface area contributed by atoms with Crippen LogP contribution in [0.3, 0.4) is 0 Å². The van der Waals surface area contributed by atoms with Gasteiger partial charge in [-0.3, -0.25) is 0 Å². The standard InChI is InChI=1S/C12H21NOS2/c1-4-10(13)12(16-9(3)7-14)11-6-5-8(2)15-11/h5-6,9-10,12,14H,4,7,13H2,1-3H3. The van der Waals surface area contributed by atoms with Gasteiger partial charge in [0.2, 0.25) is 0 Å². The molecule has 1 rings (SSSR count). The molecule has 0 radical (unpaired) electrons. The highest BCUT2D eigenvalue weighted by Gasteiger charge is 2.22. The van der Waals surface area contributed by atoms with Crippen LogP contribution >= 0.6 is 23.1 Å². The van der Waals surface area contributed by atoms with Gasteiger partial charge in [0.05, 0.1) is 11.9 Å². The Labute approximate surface area is 106 Å². The second-order valence-corrected chi connectivity index (χ2v) is 6.97. The maximum absolute atomic E-state index is 9.13. The zero-order valence-corrected chi connectivity index (χ0v) is 11.8. The molecule has 16 heavy (non-hydrogen) atoms. The van der Waals surface area contributed by atoms with Crippen LogP contribution in [0.25, 0.3) is 0 Å². The molecule has 1 heterocycles. The zero-order valence-electron chi connectivity index (χ0n) is 10.1. The van der Waals surface area contributed by atoms with Crippen molar-refractivity contribution in [2.24, 2.45) is 5.73 Å². The molecule has 4 heteroatoms. The van der Waals surface area contributed by atoms with Crippen LogP contribution in [-0.4, -0.2) is 23.0 Å². The van der Waals surface area contributed by atoms with E-state index in [9.17, 15) is 0 Å². The smallest absolute Gasteiger partial charge is 0.0547 e. The Kier molecular flexibility index (Phi) is 5.83. The molecule has 0 aliphatic heterocycles. The lowest BCUT2D eigenvalue weighted by Gasteiger charge is -2.23. The average molecular weight is 259 g/mol. The van der Waals surface area contributed by atoms with Crippen LogP contribution in [0, 0.1) is 6.92 Å². The summed E-state index contributed by atoms with van der Waals surface area (Å²) in [6.07, 6.45) is 0.965. The van der Waals surface area contributed by atoms with E-state index in [4.69, 9.17) is 10.8 Å². The Morgan fingerprint density at radius 3 is 2.62 bits per heavy atom. The highest BCUT2D eigenvalue weighted by Crippen LogP contribution is 2.38. The molecule has 0 aliphatic rings. The van der Waals surface area contributed by atoms with Crippen LogP contribution in [-0.2, 0) is 0 Å². The Bertz CT molecular complexity index is 314. The molecule has 3 unspecified atom stereocenters. The van der Waals surface area contributed by atoms with Crippen molar-refractivity contribution in [1.82, 2.24) is 0 Å². The third kappa shape index (κ3) is 3.77. The highest BCUT2D eigenvalue weighted by molar-refractivity contribution is 8.00. The summed E-state index contributed by atoms with van der Waals surface area (Å²) in [5, 5.41) is 9.68. The van der Waals surface area contributed by atoms with E-state index in [2.05, 4.69) is 26.0 Å². The van der Waals surface area contributed by atoms with E-state index in [-0.39, 0.29) is 17.9 Å². The van der Waals surface area contributed by atoms with E-state index in [1.807, 2.05) is 18.3 Å². The van der Waals surface area contributed by atoms with Crippen LogP contribution in [0.2, 0.25) is 0 Å². The SMILES string of the molecule is CCC(N)C(SC(C)CO)c1ccc(C)s1. The molecular weight excluding hydrogens is 238 g/mol. The normalized spacial score (nSPS) is 17.1. The van der Waals surface area contributed by atoms with E-state index in [0.29, 0.717) is 5.25 Å². The molecule has 0 saturated heterocycles. The molecular formula is C12H21NOS2. The molecule has 92 valence electrons. The first kappa shape index (κ1) is 14.0. The van der Waals surface area contributed by atoms with Gasteiger partial charge in [0.15, 0.2) is 0 Å². The quantitative estimate of drug-likeness (QED) is 0.825. The number of nitrogens with two attached hydrogens (primary N) is 1. The summed E-state index contributed by atoms with van der Waals surface area (Å²) >= 11 is 3.59. The van der Waals surface area contributed by atoms with Gasteiger partial charge in [0.1, 0.15) is 0 Å². The number of aryl methyl sites for hydroxylation is 1. The summed E-state index contributed by atoms with van der Waals surface area (Å²) in [6.45, 7) is 6.48. The molecule has 0 aromatic carbocycles. The second kappa shape index (κ2) is 6.64. The fourth-order valence-electron chi connectivity index (χ4n) is 1.49.